The summed E-state index contributed by atoms with van der Waals surface area (Å²) in [5, 5.41) is 3.12. The summed E-state index contributed by atoms with van der Waals surface area (Å²) >= 11 is 0. The number of nitrogens with one attached hydrogen (secondary N) is 1. The lowest BCUT2D eigenvalue weighted by Gasteiger charge is -2.34. The Hall–Kier alpha value is -3.63. The maximum atomic E-state index is 14.3. The van der Waals surface area contributed by atoms with Gasteiger partial charge in [0.25, 0.3) is 5.91 Å². The monoisotopic (exact) mass is 458 g/mol. The van der Waals surface area contributed by atoms with Crippen molar-refractivity contribution >= 4 is 11.7 Å². The highest BCUT2D eigenvalue weighted by molar-refractivity contribution is 6.00. The number of hydrogen-bond donors (Lipinski definition) is 1. The smallest absolute Gasteiger partial charge is 0.364 e. The first-order valence-electron chi connectivity index (χ1n) is 10.3. The van der Waals surface area contributed by atoms with Crippen LogP contribution in [-0.4, -0.2) is 49.4 Å². The molecule has 3 unspecified atom stereocenters. The maximum absolute atomic E-state index is 14.3. The van der Waals surface area contributed by atoms with Gasteiger partial charge in [0.05, 0.1) is 24.0 Å². The van der Waals surface area contributed by atoms with Gasteiger partial charge in [-0.2, -0.15) is 13.2 Å². The highest BCUT2D eigenvalue weighted by Crippen LogP contribution is 2.40. The van der Waals surface area contributed by atoms with E-state index in [1.807, 2.05) is 0 Å². The minimum atomic E-state index is -4.56. The topological polar surface area (TPSA) is 83.9 Å². The van der Waals surface area contributed by atoms with Gasteiger partial charge in [0.2, 0.25) is 0 Å². The van der Waals surface area contributed by atoms with E-state index in [9.17, 15) is 22.4 Å². The van der Waals surface area contributed by atoms with Crippen molar-refractivity contribution in [3.05, 3.63) is 66.1 Å². The molecule has 2 aliphatic rings. The molecule has 33 heavy (non-hydrogen) atoms. The molecule has 0 aromatic carbocycles. The molecule has 7 nitrogen and oxygen atoms in total. The van der Waals surface area contributed by atoms with Crippen LogP contribution in [0.25, 0.3) is 11.4 Å². The van der Waals surface area contributed by atoms with Crippen molar-refractivity contribution < 1.29 is 22.4 Å². The van der Waals surface area contributed by atoms with Crippen molar-refractivity contribution in [1.82, 2.24) is 24.8 Å². The molecular formula is C22H18F4N6O. The van der Waals surface area contributed by atoms with Gasteiger partial charge in [-0.25, -0.2) is 14.4 Å². The Labute approximate surface area is 185 Å². The molecule has 1 saturated heterocycles. The normalized spacial score (nSPS) is 21.9. The fourth-order valence-corrected chi connectivity index (χ4v) is 4.63. The highest BCUT2D eigenvalue weighted by Gasteiger charge is 2.47. The quantitative estimate of drug-likeness (QED) is 0.599. The van der Waals surface area contributed by atoms with E-state index >= 15 is 0 Å². The average Bonchev–Trinajstić information content (AvgIpc) is 3.39. The Kier molecular flexibility index (Phi) is 5.18. The van der Waals surface area contributed by atoms with Crippen LogP contribution in [0.2, 0.25) is 0 Å². The third-order valence-corrected chi connectivity index (χ3v) is 6.04. The van der Waals surface area contributed by atoms with Crippen LogP contribution >= 0.6 is 0 Å². The summed E-state index contributed by atoms with van der Waals surface area (Å²) < 4.78 is 52.5. The minimum absolute atomic E-state index is 0.000472. The van der Waals surface area contributed by atoms with Crippen LogP contribution in [0.3, 0.4) is 0 Å². The van der Waals surface area contributed by atoms with E-state index in [1.54, 1.807) is 17.0 Å². The van der Waals surface area contributed by atoms with E-state index in [0.717, 1.165) is 19.0 Å². The van der Waals surface area contributed by atoms with E-state index in [4.69, 9.17) is 0 Å². The van der Waals surface area contributed by atoms with Crippen LogP contribution in [-0.2, 0) is 6.18 Å². The lowest BCUT2D eigenvalue weighted by atomic mass is 10.0. The van der Waals surface area contributed by atoms with Crippen molar-refractivity contribution in [3.63, 3.8) is 0 Å². The molecule has 2 bridgehead atoms. The fourth-order valence-electron chi connectivity index (χ4n) is 4.63. The molecule has 170 valence electrons. The number of amides is 1. The van der Waals surface area contributed by atoms with Crippen LogP contribution in [0.1, 0.15) is 28.9 Å². The zero-order valence-electron chi connectivity index (χ0n) is 17.1. The first-order valence-corrected chi connectivity index (χ1v) is 10.3. The largest absolute Gasteiger partial charge is 0.434 e. The summed E-state index contributed by atoms with van der Waals surface area (Å²) in [6.07, 6.45) is 1.59. The van der Waals surface area contributed by atoms with E-state index in [2.05, 4.69) is 25.3 Å². The van der Waals surface area contributed by atoms with Gasteiger partial charge in [0, 0.05) is 25.0 Å². The number of fused-ring (bicyclic) bond motifs is 2. The van der Waals surface area contributed by atoms with Gasteiger partial charge in [0.15, 0.2) is 11.5 Å². The summed E-state index contributed by atoms with van der Waals surface area (Å²) in [6, 6.07) is 5.55. The number of carbonyl (C=O) groups excluding carboxylic acids is 1. The second kappa shape index (κ2) is 8.05. The van der Waals surface area contributed by atoms with E-state index < -0.39 is 17.7 Å². The maximum Gasteiger partial charge on any atom is 0.434 e. The van der Waals surface area contributed by atoms with Crippen LogP contribution in [0.5, 0.6) is 0 Å². The highest BCUT2D eigenvalue weighted by atomic mass is 19.4. The molecular weight excluding hydrogens is 440 g/mol. The number of piperidine rings is 1. The van der Waals surface area contributed by atoms with Crippen molar-refractivity contribution in [1.29, 1.82) is 0 Å². The van der Waals surface area contributed by atoms with Crippen molar-refractivity contribution in [2.75, 3.05) is 11.9 Å². The second-order valence-electron chi connectivity index (χ2n) is 8.13. The number of halogens is 4. The molecule has 0 radical (unpaired) electrons. The first kappa shape index (κ1) is 21.2. The molecule has 0 spiro atoms. The zero-order chi connectivity index (χ0) is 23.2. The van der Waals surface area contributed by atoms with Gasteiger partial charge in [-0.05, 0) is 43.0 Å². The zero-order valence-corrected chi connectivity index (χ0v) is 17.1. The molecule has 1 aliphatic carbocycles. The van der Waals surface area contributed by atoms with Crippen molar-refractivity contribution in [2.45, 2.75) is 31.1 Å². The van der Waals surface area contributed by atoms with Crippen LogP contribution < -0.4 is 5.32 Å². The first-order chi connectivity index (χ1) is 15.8. The molecule has 3 atom stereocenters. The number of rotatable bonds is 4. The molecule has 1 N–H and O–H groups in total. The summed E-state index contributed by atoms with van der Waals surface area (Å²) in [4.78, 5) is 30.7. The van der Waals surface area contributed by atoms with Gasteiger partial charge in [-0.1, -0.05) is 0 Å². The lowest BCUT2D eigenvalue weighted by Crippen LogP contribution is -2.48. The number of hydrogen-bond acceptors (Lipinski definition) is 6. The van der Waals surface area contributed by atoms with Gasteiger partial charge in [-0.15, -0.1) is 0 Å². The second-order valence-corrected chi connectivity index (χ2v) is 8.13. The van der Waals surface area contributed by atoms with Crippen LogP contribution in [0, 0.1) is 11.7 Å². The fraction of sp³-hybridized carbons (Fsp3) is 0.318. The van der Waals surface area contributed by atoms with Crippen molar-refractivity contribution in [3.8, 4) is 11.4 Å². The van der Waals surface area contributed by atoms with E-state index in [0.29, 0.717) is 12.7 Å². The number of alkyl halides is 3. The van der Waals surface area contributed by atoms with Crippen LogP contribution in [0.4, 0.5) is 23.4 Å². The molecule has 3 aromatic heterocycles. The number of nitrogens with zero attached hydrogens (tertiary/aromatic N) is 5. The molecule has 3 aromatic rings. The summed E-state index contributed by atoms with van der Waals surface area (Å²) in [7, 11) is 0. The Morgan fingerprint density at radius 3 is 2.42 bits per heavy atom. The molecule has 4 heterocycles. The van der Waals surface area contributed by atoms with Gasteiger partial charge < -0.3 is 10.2 Å². The average molecular weight is 458 g/mol. The Bertz CT molecular complexity index is 1190. The molecule has 1 amide bonds. The summed E-state index contributed by atoms with van der Waals surface area (Å²) in [5.74, 6) is -0.412. The van der Waals surface area contributed by atoms with Gasteiger partial charge in [0.1, 0.15) is 17.2 Å². The lowest BCUT2D eigenvalue weighted by molar-refractivity contribution is -0.141. The third-order valence-electron chi connectivity index (χ3n) is 6.04. The Balaban J connectivity index is 1.37. The molecule has 2 fully saturated rings. The number of aromatic nitrogens is 4. The van der Waals surface area contributed by atoms with Gasteiger partial charge in [-0.3, -0.25) is 14.8 Å². The molecule has 1 aliphatic heterocycles. The van der Waals surface area contributed by atoms with Crippen LogP contribution in [0.15, 0.2) is 49.1 Å². The summed E-state index contributed by atoms with van der Waals surface area (Å²) in [5.41, 5.74) is -0.652. The van der Waals surface area contributed by atoms with Crippen molar-refractivity contribution in [2.24, 2.45) is 5.92 Å². The number of pyridine rings is 2. The SMILES string of the molecule is O=C(c1cccnc1-c1ncccc1F)N1CC2CC(Nc3cnc(C(F)(F)F)cn3)C1C2. The standard InChI is InChI=1S/C22H18F4N6O/c23-14-4-2-6-28-20(14)19-13(3-1-5-27-19)21(33)32-11-12-7-15(16(32)8-12)31-18-10-29-17(9-30-18)22(24,25)26/h1-6,9-10,12,15-16H,7-8,11H2,(H,30,31). The number of carbonyl (C=O) groups is 1. The molecule has 11 heteroatoms. The predicted molar refractivity (Wildman–Crippen MR) is 109 cm³/mol. The number of likely N-dealkylation sites (tertiary alicyclic amines) is 1. The summed E-state index contributed by atoms with van der Waals surface area (Å²) in [6.45, 7) is 0.541. The van der Waals surface area contributed by atoms with E-state index in [-0.39, 0.29) is 46.7 Å². The Morgan fingerprint density at radius 2 is 1.76 bits per heavy atom. The van der Waals surface area contributed by atoms with E-state index in [1.165, 1.54) is 24.5 Å². The minimum Gasteiger partial charge on any atom is -0.364 e. The Morgan fingerprint density at radius 1 is 1.00 bits per heavy atom. The molecule has 5 rings (SSSR count). The third kappa shape index (κ3) is 3.98. The molecule has 1 saturated carbocycles. The van der Waals surface area contributed by atoms with Gasteiger partial charge >= 0.3 is 6.18 Å². The predicted octanol–water partition coefficient (Wildman–Crippen LogP) is 3.81. The number of anilines is 1.